The van der Waals surface area contributed by atoms with E-state index < -0.39 is 0 Å². The van der Waals surface area contributed by atoms with Crippen LogP contribution < -0.4 is 5.32 Å². The van der Waals surface area contributed by atoms with Crippen LogP contribution in [-0.4, -0.2) is 6.04 Å². The van der Waals surface area contributed by atoms with Crippen LogP contribution in [-0.2, 0) is 13.0 Å². The molecular formula is C14H20FN. The third kappa shape index (κ3) is 3.31. The lowest BCUT2D eigenvalue weighted by molar-refractivity contribution is 0.570. The molecule has 1 aliphatic rings. The largest absolute Gasteiger partial charge is 0.310 e. The lowest BCUT2D eigenvalue weighted by atomic mass is 10.0. The molecule has 0 amide bonds. The molecule has 1 fully saturated rings. The van der Waals surface area contributed by atoms with Gasteiger partial charge < -0.3 is 5.32 Å². The summed E-state index contributed by atoms with van der Waals surface area (Å²) in [6, 6.07) is 6.32. The Morgan fingerprint density at radius 1 is 1.38 bits per heavy atom. The Morgan fingerprint density at radius 3 is 2.69 bits per heavy atom. The lowest BCUT2D eigenvalue weighted by Crippen LogP contribution is -2.15. The quantitative estimate of drug-likeness (QED) is 0.804. The predicted octanol–water partition coefficient (Wildman–Crippen LogP) is 3.28. The summed E-state index contributed by atoms with van der Waals surface area (Å²) in [5.41, 5.74) is 1.89. The number of halogens is 1. The Bertz CT molecular complexity index is 356. The van der Waals surface area contributed by atoms with Crippen LogP contribution in [0.4, 0.5) is 4.39 Å². The van der Waals surface area contributed by atoms with Gasteiger partial charge in [0.25, 0.3) is 0 Å². The highest BCUT2D eigenvalue weighted by Crippen LogP contribution is 2.20. The summed E-state index contributed by atoms with van der Waals surface area (Å²) in [6.07, 6.45) is 3.37. The fourth-order valence-electron chi connectivity index (χ4n) is 1.86. The lowest BCUT2D eigenvalue weighted by Gasteiger charge is -2.09. The summed E-state index contributed by atoms with van der Waals surface area (Å²) in [6.45, 7) is 5.02. The number of hydrogen-bond acceptors (Lipinski definition) is 1. The van der Waals surface area contributed by atoms with Gasteiger partial charge in [-0.25, -0.2) is 4.39 Å². The first kappa shape index (κ1) is 11.6. The van der Waals surface area contributed by atoms with Crippen LogP contribution in [0.2, 0.25) is 0 Å². The summed E-state index contributed by atoms with van der Waals surface area (Å²) in [4.78, 5) is 0. The maximum atomic E-state index is 13.7. The monoisotopic (exact) mass is 221 g/mol. The molecule has 1 saturated carbocycles. The molecule has 88 valence electrons. The van der Waals surface area contributed by atoms with E-state index in [1.807, 2.05) is 12.1 Å². The molecule has 0 unspecified atom stereocenters. The summed E-state index contributed by atoms with van der Waals surface area (Å²) in [5.74, 6) is 0.453. The number of nitrogens with one attached hydrogen (secondary N) is 1. The van der Waals surface area contributed by atoms with E-state index in [1.165, 1.54) is 12.8 Å². The molecule has 1 aliphatic carbocycles. The van der Waals surface area contributed by atoms with E-state index >= 15 is 0 Å². The average Bonchev–Trinajstić information content (AvgIpc) is 3.02. The van der Waals surface area contributed by atoms with Gasteiger partial charge in [0.15, 0.2) is 0 Å². The Hall–Kier alpha value is -0.890. The van der Waals surface area contributed by atoms with Crippen LogP contribution in [0, 0.1) is 11.7 Å². The van der Waals surface area contributed by atoms with Crippen molar-refractivity contribution in [1.29, 1.82) is 0 Å². The fraction of sp³-hybridized carbons (Fsp3) is 0.571. The van der Waals surface area contributed by atoms with Crippen LogP contribution in [0.5, 0.6) is 0 Å². The SMILES string of the molecule is CC(C)Cc1ccc(CNC2CC2)cc1F. The van der Waals surface area contributed by atoms with Gasteiger partial charge >= 0.3 is 0 Å². The Morgan fingerprint density at radius 2 is 2.12 bits per heavy atom. The molecule has 16 heavy (non-hydrogen) atoms. The average molecular weight is 221 g/mol. The molecule has 1 nitrogen and oxygen atoms in total. The molecule has 2 heteroatoms. The van der Waals surface area contributed by atoms with Crippen molar-refractivity contribution in [3.8, 4) is 0 Å². The van der Waals surface area contributed by atoms with Crippen molar-refractivity contribution in [3.63, 3.8) is 0 Å². The van der Waals surface area contributed by atoms with Crippen molar-refractivity contribution >= 4 is 0 Å². The van der Waals surface area contributed by atoms with Crippen molar-refractivity contribution in [2.24, 2.45) is 5.92 Å². The summed E-state index contributed by atoms with van der Waals surface area (Å²) >= 11 is 0. The van der Waals surface area contributed by atoms with E-state index in [0.717, 1.165) is 24.1 Å². The Balaban J connectivity index is 1.97. The molecule has 1 N–H and O–H groups in total. The van der Waals surface area contributed by atoms with Crippen molar-refractivity contribution < 1.29 is 4.39 Å². The number of hydrogen-bond donors (Lipinski definition) is 1. The summed E-state index contributed by atoms with van der Waals surface area (Å²) in [7, 11) is 0. The molecule has 0 bridgehead atoms. The van der Waals surface area contributed by atoms with Gasteiger partial charge in [-0.3, -0.25) is 0 Å². The van der Waals surface area contributed by atoms with Crippen molar-refractivity contribution in [2.45, 2.75) is 45.7 Å². The molecule has 0 aromatic heterocycles. The van der Waals surface area contributed by atoms with Gasteiger partial charge in [0.2, 0.25) is 0 Å². The Labute approximate surface area is 97.1 Å². The van der Waals surface area contributed by atoms with E-state index in [2.05, 4.69) is 19.2 Å². The van der Waals surface area contributed by atoms with Crippen LogP contribution in [0.1, 0.15) is 37.8 Å². The van der Waals surface area contributed by atoms with E-state index in [1.54, 1.807) is 6.07 Å². The van der Waals surface area contributed by atoms with Crippen LogP contribution in [0.3, 0.4) is 0 Å². The Kier molecular flexibility index (Phi) is 3.59. The van der Waals surface area contributed by atoms with Gasteiger partial charge in [0.05, 0.1) is 0 Å². The molecule has 0 saturated heterocycles. The minimum atomic E-state index is -0.0520. The van der Waals surface area contributed by atoms with Gasteiger partial charge in [-0.05, 0) is 42.4 Å². The van der Waals surface area contributed by atoms with Crippen LogP contribution in [0.25, 0.3) is 0 Å². The third-order valence-electron chi connectivity index (χ3n) is 2.92. The van der Waals surface area contributed by atoms with Crippen LogP contribution in [0.15, 0.2) is 18.2 Å². The molecule has 0 aliphatic heterocycles. The second kappa shape index (κ2) is 4.96. The molecule has 2 rings (SSSR count). The highest BCUT2D eigenvalue weighted by atomic mass is 19.1. The predicted molar refractivity (Wildman–Crippen MR) is 64.8 cm³/mol. The normalized spacial score (nSPS) is 15.8. The van der Waals surface area contributed by atoms with E-state index in [0.29, 0.717) is 12.0 Å². The highest BCUT2D eigenvalue weighted by Gasteiger charge is 2.20. The van der Waals surface area contributed by atoms with Crippen LogP contribution >= 0.6 is 0 Å². The minimum absolute atomic E-state index is 0.0520. The highest BCUT2D eigenvalue weighted by molar-refractivity contribution is 5.24. The molecule has 0 radical (unpaired) electrons. The number of benzene rings is 1. The fourth-order valence-corrected chi connectivity index (χ4v) is 1.86. The first-order valence-electron chi connectivity index (χ1n) is 6.16. The minimum Gasteiger partial charge on any atom is -0.310 e. The van der Waals surface area contributed by atoms with Gasteiger partial charge in [-0.2, -0.15) is 0 Å². The zero-order valence-electron chi connectivity index (χ0n) is 10.1. The van der Waals surface area contributed by atoms with E-state index in [9.17, 15) is 4.39 Å². The molecule has 0 spiro atoms. The van der Waals surface area contributed by atoms with E-state index in [-0.39, 0.29) is 5.82 Å². The molecule has 0 heterocycles. The smallest absolute Gasteiger partial charge is 0.126 e. The van der Waals surface area contributed by atoms with Gasteiger partial charge in [-0.15, -0.1) is 0 Å². The summed E-state index contributed by atoms with van der Waals surface area (Å²) in [5, 5.41) is 3.39. The zero-order chi connectivity index (χ0) is 11.5. The molecule has 0 atom stereocenters. The second-order valence-corrected chi connectivity index (χ2v) is 5.18. The van der Waals surface area contributed by atoms with Crippen molar-refractivity contribution in [1.82, 2.24) is 5.32 Å². The first-order chi connectivity index (χ1) is 7.65. The van der Waals surface area contributed by atoms with Gasteiger partial charge in [0.1, 0.15) is 5.82 Å². The van der Waals surface area contributed by atoms with Crippen molar-refractivity contribution in [3.05, 3.63) is 35.1 Å². The summed E-state index contributed by atoms with van der Waals surface area (Å²) < 4.78 is 13.7. The maximum absolute atomic E-state index is 13.7. The molecule has 1 aromatic carbocycles. The molecular weight excluding hydrogens is 201 g/mol. The van der Waals surface area contributed by atoms with Gasteiger partial charge in [-0.1, -0.05) is 26.0 Å². The maximum Gasteiger partial charge on any atom is 0.126 e. The van der Waals surface area contributed by atoms with Crippen molar-refractivity contribution in [2.75, 3.05) is 0 Å². The standard InChI is InChI=1S/C14H20FN/c1-10(2)7-12-4-3-11(8-14(12)15)9-16-13-5-6-13/h3-4,8,10,13,16H,5-7,9H2,1-2H3. The van der Waals surface area contributed by atoms with E-state index in [4.69, 9.17) is 0 Å². The van der Waals surface area contributed by atoms with Gasteiger partial charge in [0, 0.05) is 12.6 Å². The third-order valence-corrected chi connectivity index (χ3v) is 2.92. The number of rotatable bonds is 5. The molecule has 1 aromatic rings. The first-order valence-corrected chi connectivity index (χ1v) is 6.16. The topological polar surface area (TPSA) is 12.0 Å². The zero-order valence-corrected chi connectivity index (χ0v) is 10.1. The second-order valence-electron chi connectivity index (χ2n) is 5.18.